The zero-order valence-corrected chi connectivity index (χ0v) is 25.5. The molecule has 1 heterocycles. The summed E-state index contributed by atoms with van der Waals surface area (Å²) in [6, 6.07) is 18.6. The van der Waals surface area contributed by atoms with E-state index in [4.69, 9.17) is 11.0 Å². The van der Waals surface area contributed by atoms with E-state index in [9.17, 15) is 8.22 Å². The molecule has 1 aliphatic carbocycles. The van der Waals surface area contributed by atoms with Gasteiger partial charge < -0.3 is 9.47 Å². The Morgan fingerprint density at radius 2 is 1.13 bits per heavy atom. The molecule has 8 aromatic rings. The summed E-state index contributed by atoms with van der Waals surface area (Å²) < 4.78 is 130. The fourth-order valence-corrected chi connectivity index (χ4v) is 6.51. The molecule has 0 amide bonds. The zero-order chi connectivity index (χ0) is 43.7. The van der Waals surface area contributed by atoms with Crippen LogP contribution in [0.3, 0.4) is 0 Å². The van der Waals surface area contributed by atoms with Crippen LogP contribution in [-0.4, -0.2) is 4.57 Å². The van der Waals surface area contributed by atoms with Crippen LogP contribution >= 0.6 is 0 Å². The van der Waals surface area contributed by atoms with Gasteiger partial charge >= 0.3 is 0 Å². The molecule has 2 nitrogen and oxygen atoms in total. The third-order valence-corrected chi connectivity index (χ3v) is 8.83. The van der Waals surface area contributed by atoms with Gasteiger partial charge in [0.15, 0.2) is 0 Å². The summed E-state index contributed by atoms with van der Waals surface area (Å²) in [6.45, 7) is 3.38. The number of anilines is 3. The molecule has 2 heteroatoms. The van der Waals surface area contributed by atoms with Crippen molar-refractivity contribution in [3.63, 3.8) is 0 Å². The lowest BCUT2D eigenvalue weighted by Gasteiger charge is -2.28. The van der Waals surface area contributed by atoms with Crippen molar-refractivity contribution in [3.8, 4) is 27.9 Å². The molecule has 0 spiro atoms. The first-order valence-electron chi connectivity index (χ1n) is 22.2. The fourth-order valence-electron chi connectivity index (χ4n) is 6.51. The largest absolute Gasteiger partial charge is 0.310 e. The molecule has 47 heavy (non-hydrogen) atoms. The van der Waals surface area contributed by atoms with Crippen LogP contribution in [-0.2, 0) is 5.41 Å². The topological polar surface area (TPSA) is 8.17 Å². The predicted molar refractivity (Wildman–Crippen MR) is 198 cm³/mol. The number of fused-ring (bicyclic) bond motifs is 6. The maximum absolute atomic E-state index is 10.00. The molecule has 0 unspecified atom stereocenters. The van der Waals surface area contributed by atoms with Gasteiger partial charge in [-0.15, -0.1) is 0 Å². The van der Waals surface area contributed by atoms with Gasteiger partial charge in [0.05, 0.1) is 30.2 Å². The fraction of sp³-hybridized carbons (Fsp3) is 0.0667. The minimum absolute atomic E-state index is 0.00251. The van der Waals surface area contributed by atoms with Crippen molar-refractivity contribution in [2.45, 2.75) is 19.3 Å². The van der Waals surface area contributed by atoms with E-state index in [1.165, 1.54) is 9.47 Å². The van der Waals surface area contributed by atoms with Crippen molar-refractivity contribution in [1.29, 1.82) is 0 Å². The molecule has 0 aliphatic heterocycles. The minimum atomic E-state index is -1.29. The lowest BCUT2D eigenvalue weighted by Crippen LogP contribution is -2.16. The number of rotatable bonds is 5. The van der Waals surface area contributed by atoms with Gasteiger partial charge in [-0.1, -0.05) is 123 Å². The second-order valence-electron chi connectivity index (χ2n) is 11.9. The van der Waals surface area contributed by atoms with E-state index >= 15 is 0 Å². The maximum atomic E-state index is 10.00. The van der Waals surface area contributed by atoms with Gasteiger partial charge in [-0.05, 0) is 93.9 Å². The Morgan fingerprint density at radius 3 is 1.94 bits per heavy atom. The van der Waals surface area contributed by atoms with Gasteiger partial charge in [0, 0.05) is 38.9 Å². The Hall–Kier alpha value is -5.86. The lowest BCUT2D eigenvalue weighted by molar-refractivity contribution is 0.660. The smallest absolute Gasteiger partial charge is 0.0652 e. The van der Waals surface area contributed by atoms with E-state index in [0.717, 1.165) is 11.1 Å². The van der Waals surface area contributed by atoms with Gasteiger partial charge in [0.25, 0.3) is 0 Å². The summed E-state index contributed by atoms with van der Waals surface area (Å²) in [5.41, 5.74) is 0.877. The second-order valence-corrected chi connectivity index (χ2v) is 11.9. The molecule has 0 saturated heterocycles. The van der Waals surface area contributed by atoms with Gasteiger partial charge in [-0.3, -0.25) is 0 Å². The Labute approximate surface area is 295 Å². The number of hydrogen-bond acceptors (Lipinski definition) is 1. The Kier molecular flexibility index (Phi) is 3.75. The number of benzene rings is 7. The highest BCUT2D eigenvalue weighted by atomic mass is 15.1. The Morgan fingerprint density at radius 1 is 0.511 bits per heavy atom. The van der Waals surface area contributed by atoms with Crippen LogP contribution in [0.5, 0.6) is 0 Å². The molecular formula is C45H34N2. The van der Waals surface area contributed by atoms with E-state index in [1.54, 1.807) is 68.4 Å². The first kappa shape index (κ1) is 16.6. The molecule has 9 rings (SSSR count). The summed E-state index contributed by atoms with van der Waals surface area (Å²) in [7, 11) is 0. The summed E-state index contributed by atoms with van der Waals surface area (Å²) >= 11 is 0. The molecule has 0 N–H and O–H groups in total. The van der Waals surface area contributed by atoms with Crippen molar-refractivity contribution >= 4 is 38.9 Å². The molecule has 1 aliphatic rings. The first-order chi connectivity index (χ1) is 28.9. The molecule has 7 aromatic carbocycles. The summed E-state index contributed by atoms with van der Waals surface area (Å²) in [6.07, 6.45) is 0. The molecular weight excluding hydrogens is 569 g/mol. The average molecular weight is 617 g/mol. The number of para-hydroxylation sites is 2. The van der Waals surface area contributed by atoms with Crippen LogP contribution in [0.4, 0.5) is 17.1 Å². The molecule has 0 bridgehead atoms. The molecule has 0 fully saturated rings. The summed E-state index contributed by atoms with van der Waals surface area (Å²) in [5, 5.41) is -0.120. The quantitative estimate of drug-likeness (QED) is 0.187. The standard InChI is InChI=1S/C45H34N2/c1-45(2)41-19-11-9-17-37(41)38-27-25-36(30-42(38)45)46(34-23-21-32(22-24-34)31-13-5-3-6-14-31)35-26-28-44-40(29-35)39-18-10-12-20-43(39)47(44)33-15-7-4-8-16-33/h3-30H,1-2H3/i9D,10D,11D,12D,17D,18D,19D,20D,25D,26D,27D,28D,29D,30D. The zero-order valence-electron chi connectivity index (χ0n) is 39.5. The normalized spacial score (nSPS) is 17.2. The van der Waals surface area contributed by atoms with Crippen molar-refractivity contribution in [1.82, 2.24) is 4.57 Å². The van der Waals surface area contributed by atoms with Gasteiger partial charge in [-0.2, -0.15) is 0 Å². The van der Waals surface area contributed by atoms with E-state index in [2.05, 4.69) is 0 Å². The van der Waals surface area contributed by atoms with E-state index in [0.29, 0.717) is 5.69 Å². The lowest BCUT2D eigenvalue weighted by atomic mass is 9.82. The molecule has 0 radical (unpaired) electrons. The Bertz CT molecular complexity index is 3200. The van der Waals surface area contributed by atoms with Crippen LogP contribution in [0, 0.1) is 0 Å². The first-order valence-corrected chi connectivity index (χ1v) is 15.2. The van der Waals surface area contributed by atoms with Crippen LogP contribution < -0.4 is 4.90 Å². The van der Waals surface area contributed by atoms with Crippen LogP contribution in [0.15, 0.2) is 170 Å². The summed E-state index contributed by atoms with van der Waals surface area (Å²) in [4.78, 5) is 1.31. The molecule has 0 atom stereocenters. The predicted octanol–water partition coefficient (Wildman–Crippen LogP) is 12.2. The molecule has 0 saturated carbocycles. The summed E-state index contributed by atoms with van der Waals surface area (Å²) in [5.74, 6) is 0. The average Bonchev–Trinajstić information content (AvgIpc) is 3.75. The SMILES string of the molecule is [2H]c1c([2H])c([2H])c2c(c1[2H])-c1c([2H])c([2H])c(N(c3ccc(-c4ccccc4)cc3)c3c([2H])c([2H])c4c(c3[2H])c3c([2H])c([2H])c([2H])c([2H])c3n4-c3ccccc3)c([2H])c1C2(C)C. The van der Waals surface area contributed by atoms with Crippen LogP contribution in [0.25, 0.3) is 49.7 Å². The minimum Gasteiger partial charge on any atom is -0.310 e. The third-order valence-electron chi connectivity index (χ3n) is 8.83. The number of hydrogen-bond donors (Lipinski definition) is 0. The highest BCUT2D eigenvalue weighted by Gasteiger charge is 2.35. The van der Waals surface area contributed by atoms with Crippen molar-refractivity contribution in [2.24, 2.45) is 0 Å². The van der Waals surface area contributed by atoms with E-state index < -0.39 is 77.9 Å². The monoisotopic (exact) mass is 616 g/mol. The molecule has 1 aromatic heterocycles. The van der Waals surface area contributed by atoms with Crippen molar-refractivity contribution in [2.75, 3.05) is 4.90 Å². The van der Waals surface area contributed by atoms with Crippen molar-refractivity contribution in [3.05, 3.63) is 181 Å². The van der Waals surface area contributed by atoms with Gasteiger partial charge in [-0.25, -0.2) is 0 Å². The Balaban J connectivity index is 1.44. The van der Waals surface area contributed by atoms with E-state index in [-0.39, 0.29) is 73.2 Å². The van der Waals surface area contributed by atoms with Crippen molar-refractivity contribution < 1.29 is 19.2 Å². The third kappa shape index (κ3) is 4.33. The highest BCUT2D eigenvalue weighted by molar-refractivity contribution is 6.10. The van der Waals surface area contributed by atoms with Crippen LogP contribution in [0.2, 0.25) is 0 Å². The van der Waals surface area contributed by atoms with Gasteiger partial charge in [0.1, 0.15) is 0 Å². The molecule has 224 valence electrons. The van der Waals surface area contributed by atoms with E-state index in [1.807, 2.05) is 30.3 Å². The number of aromatic nitrogens is 1. The van der Waals surface area contributed by atoms with Gasteiger partial charge in [0.2, 0.25) is 0 Å². The second kappa shape index (κ2) is 10.6. The number of nitrogens with zero attached hydrogens (tertiary/aromatic N) is 2. The van der Waals surface area contributed by atoms with Crippen LogP contribution in [0.1, 0.15) is 44.2 Å². The maximum Gasteiger partial charge on any atom is 0.0652 e. The highest BCUT2D eigenvalue weighted by Crippen LogP contribution is 2.51.